The van der Waals surface area contributed by atoms with Gasteiger partial charge in [-0.1, -0.05) is 6.07 Å². The standard InChI is InChI=1S/C18H20BrNO5S/c1-11-9-14(18(21)25-4)6-8-17(11)26(22,23)20-12(2)13-5-7-16(24-3)15(19)10-13/h5-10,12,20H,1-4H3. The molecule has 26 heavy (non-hydrogen) atoms. The second kappa shape index (κ2) is 8.20. The predicted octanol–water partition coefficient (Wildman–Crippen LogP) is 3.59. The molecule has 0 saturated heterocycles. The molecule has 6 nitrogen and oxygen atoms in total. The Bertz CT molecular complexity index is 927. The average Bonchev–Trinajstić information content (AvgIpc) is 2.60. The van der Waals surface area contributed by atoms with Crippen LogP contribution in [-0.4, -0.2) is 28.6 Å². The third-order valence-electron chi connectivity index (χ3n) is 3.89. The van der Waals surface area contributed by atoms with Crippen LogP contribution in [0, 0.1) is 6.92 Å². The van der Waals surface area contributed by atoms with E-state index in [1.807, 2.05) is 0 Å². The molecule has 0 fully saturated rings. The Morgan fingerprint density at radius 1 is 1.15 bits per heavy atom. The zero-order valence-corrected chi connectivity index (χ0v) is 17.3. The van der Waals surface area contributed by atoms with Gasteiger partial charge in [-0.15, -0.1) is 0 Å². The van der Waals surface area contributed by atoms with E-state index in [9.17, 15) is 13.2 Å². The number of hydrogen-bond donors (Lipinski definition) is 1. The molecule has 1 unspecified atom stereocenters. The van der Waals surface area contributed by atoms with E-state index in [0.29, 0.717) is 16.9 Å². The topological polar surface area (TPSA) is 81.7 Å². The maximum Gasteiger partial charge on any atom is 0.337 e. The SMILES string of the molecule is COC(=O)c1ccc(S(=O)(=O)NC(C)c2ccc(OC)c(Br)c2)c(C)c1. The number of nitrogens with one attached hydrogen (secondary N) is 1. The summed E-state index contributed by atoms with van der Waals surface area (Å²) >= 11 is 3.39. The highest BCUT2D eigenvalue weighted by Crippen LogP contribution is 2.29. The number of carbonyl (C=O) groups is 1. The lowest BCUT2D eigenvalue weighted by Gasteiger charge is -2.17. The molecule has 1 atom stereocenters. The molecule has 0 aliphatic rings. The highest BCUT2D eigenvalue weighted by Gasteiger charge is 2.22. The Balaban J connectivity index is 2.28. The molecule has 0 radical (unpaired) electrons. The van der Waals surface area contributed by atoms with Crippen molar-refractivity contribution in [3.05, 3.63) is 57.6 Å². The van der Waals surface area contributed by atoms with Crippen molar-refractivity contribution < 1.29 is 22.7 Å². The normalized spacial score (nSPS) is 12.5. The number of sulfonamides is 1. The van der Waals surface area contributed by atoms with Crippen LogP contribution in [0.15, 0.2) is 45.8 Å². The summed E-state index contributed by atoms with van der Waals surface area (Å²) in [6.07, 6.45) is 0. The van der Waals surface area contributed by atoms with Crippen molar-refractivity contribution in [3.8, 4) is 5.75 Å². The lowest BCUT2D eigenvalue weighted by Crippen LogP contribution is -2.27. The number of ether oxygens (including phenoxy) is 2. The van der Waals surface area contributed by atoms with Crippen molar-refractivity contribution in [1.82, 2.24) is 4.72 Å². The molecule has 2 aromatic rings. The van der Waals surface area contributed by atoms with Crippen LogP contribution in [0.3, 0.4) is 0 Å². The summed E-state index contributed by atoms with van der Waals surface area (Å²) in [5.41, 5.74) is 1.55. The maximum atomic E-state index is 12.7. The van der Waals surface area contributed by atoms with Gasteiger partial charge >= 0.3 is 5.97 Å². The first-order valence-corrected chi connectivity index (χ1v) is 10.0. The second-order valence-electron chi connectivity index (χ2n) is 5.71. The molecule has 0 bridgehead atoms. The first kappa shape index (κ1) is 20.4. The summed E-state index contributed by atoms with van der Waals surface area (Å²) < 4.78 is 38.7. The summed E-state index contributed by atoms with van der Waals surface area (Å²) in [6.45, 7) is 3.39. The van der Waals surface area contributed by atoms with Crippen molar-refractivity contribution >= 4 is 31.9 Å². The first-order valence-electron chi connectivity index (χ1n) is 7.74. The summed E-state index contributed by atoms with van der Waals surface area (Å²) in [4.78, 5) is 11.7. The van der Waals surface area contributed by atoms with E-state index < -0.39 is 22.0 Å². The van der Waals surface area contributed by atoms with Crippen LogP contribution in [0.1, 0.15) is 34.5 Å². The Hall–Kier alpha value is -1.90. The molecular weight excluding hydrogens is 422 g/mol. The van der Waals surface area contributed by atoms with Gasteiger partial charge in [0.2, 0.25) is 10.0 Å². The van der Waals surface area contributed by atoms with Crippen LogP contribution in [0.5, 0.6) is 5.75 Å². The van der Waals surface area contributed by atoms with Crippen molar-refractivity contribution in [2.75, 3.05) is 14.2 Å². The fraction of sp³-hybridized carbons (Fsp3) is 0.278. The largest absolute Gasteiger partial charge is 0.496 e. The van der Waals surface area contributed by atoms with E-state index in [4.69, 9.17) is 4.74 Å². The molecule has 0 saturated carbocycles. The third-order valence-corrected chi connectivity index (χ3v) is 6.21. The van der Waals surface area contributed by atoms with E-state index in [1.165, 1.54) is 25.3 Å². The minimum absolute atomic E-state index is 0.115. The lowest BCUT2D eigenvalue weighted by molar-refractivity contribution is 0.0600. The van der Waals surface area contributed by atoms with Gasteiger partial charge in [-0.05, 0) is 71.2 Å². The van der Waals surface area contributed by atoms with Crippen LogP contribution >= 0.6 is 15.9 Å². The van der Waals surface area contributed by atoms with E-state index in [0.717, 1.165) is 10.0 Å². The molecule has 0 aromatic heterocycles. The van der Waals surface area contributed by atoms with Crippen molar-refractivity contribution in [1.29, 1.82) is 0 Å². The van der Waals surface area contributed by atoms with Gasteiger partial charge in [0, 0.05) is 6.04 Å². The van der Waals surface area contributed by atoms with Crippen molar-refractivity contribution in [3.63, 3.8) is 0 Å². The minimum atomic E-state index is -3.76. The summed E-state index contributed by atoms with van der Waals surface area (Å²) in [7, 11) is -0.926. The lowest BCUT2D eigenvalue weighted by atomic mass is 10.1. The molecule has 2 rings (SSSR count). The van der Waals surface area contributed by atoms with E-state index in [-0.39, 0.29) is 4.90 Å². The van der Waals surface area contributed by atoms with Gasteiger partial charge in [0.25, 0.3) is 0 Å². The second-order valence-corrected chi connectivity index (χ2v) is 8.25. The number of carbonyl (C=O) groups excluding carboxylic acids is 1. The van der Waals surface area contributed by atoms with Crippen LogP contribution < -0.4 is 9.46 Å². The molecule has 0 amide bonds. The minimum Gasteiger partial charge on any atom is -0.496 e. The number of halogens is 1. The van der Waals surface area contributed by atoms with Gasteiger partial charge in [0.15, 0.2) is 0 Å². The van der Waals surface area contributed by atoms with Crippen LogP contribution in [0.25, 0.3) is 0 Å². The molecule has 0 aliphatic carbocycles. The molecule has 140 valence electrons. The van der Waals surface area contributed by atoms with Crippen LogP contribution in [-0.2, 0) is 14.8 Å². The van der Waals surface area contributed by atoms with Gasteiger partial charge in [-0.3, -0.25) is 0 Å². The zero-order valence-electron chi connectivity index (χ0n) is 14.9. The van der Waals surface area contributed by atoms with Gasteiger partial charge in [-0.25, -0.2) is 17.9 Å². The predicted molar refractivity (Wildman–Crippen MR) is 102 cm³/mol. The molecule has 1 N–H and O–H groups in total. The Labute approximate surface area is 161 Å². The molecule has 2 aromatic carbocycles. The summed E-state index contributed by atoms with van der Waals surface area (Å²) in [5, 5.41) is 0. The van der Waals surface area contributed by atoms with E-state index in [2.05, 4.69) is 25.4 Å². The Morgan fingerprint density at radius 2 is 1.85 bits per heavy atom. The number of benzene rings is 2. The van der Waals surface area contributed by atoms with Crippen LogP contribution in [0.4, 0.5) is 0 Å². The fourth-order valence-corrected chi connectivity index (χ4v) is 4.53. The Morgan fingerprint density at radius 3 is 2.38 bits per heavy atom. The molecular formula is C18H20BrNO5S. The first-order chi connectivity index (χ1) is 12.2. The van der Waals surface area contributed by atoms with Gasteiger partial charge < -0.3 is 9.47 Å². The third kappa shape index (κ3) is 4.44. The van der Waals surface area contributed by atoms with Gasteiger partial charge in [0.1, 0.15) is 5.75 Å². The number of methoxy groups -OCH3 is 2. The molecule has 0 heterocycles. The fourth-order valence-electron chi connectivity index (χ4n) is 2.51. The Kier molecular flexibility index (Phi) is 6.44. The van der Waals surface area contributed by atoms with Gasteiger partial charge in [0.05, 0.1) is 29.2 Å². The molecule has 0 spiro atoms. The van der Waals surface area contributed by atoms with Crippen molar-refractivity contribution in [2.24, 2.45) is 0 Å². The highest BCUT2D eigenvalue weighted by atomic mass is 79.9. The number of aryl methyl sites for hydroxylation is 1. The van der Waals surface area contributed by atoms with E-state index in [1.54, 1.807) is 39.2 Å². The van der Waals surface area contributed by atoms with Crippen LogP contribution in [0.2, 0.25) is 0 Å². The van der Waals surface area contributed by atoms with Crippen molar-refractivity contribution in [2.45, 2.75) is 24.8 Å². The molecule has 0 aliphatic heterocycles. The highest BCUT2D eigenvalue weighted by molar-refractivity contribution is 9.10. The number of esters is 1. The monoisotopic (exact) mass is 441 g/mol. The number of rotatable bonds is 6. The smallest absolute Gasteiger partial charge is 0.337 e. The quantitative estimate of drug-likeness (QED) is 0.692. The molecule has 8 heteroatoms. The zero-order chi connectivity index (χ0) is 19.5. The number of hydrogen-bond acceptors (Lipinski definition) is 5. The summed E-state index contributed by atoms with van der Waals surface area (Å²) in [6, 6.07) is 9.24. The maximum absolute atomic E-state index is 12.7. The van der Waals surface area contributed by atoms with E-state index >= 15 is 0 Å². The van der Waals surface area contributed by atoms with Gasteiger partial charge in [-0.2, -0.15) is 0 Å². The average molecular weight is 442 g/mol. The summed E-state index contributed by atoms with van der Waals surface area (Å²) in [5.74, 6) is 0.152.